The number of nitrogens with one attached hydrogen (secondary N) is 3. The van der Waals surface area contributed by atoms with E-state index in [1.165, 1.54) is 0 Å². The maximum absolute atomic E-state index is 12.3. The molecule has 0 aliphatic carbocycles. The number of ether oxygens (including phenoxy) is 2. The molecule has 32 heavy (non-hydrogen) atoms. The third-order valence-electron chi connectivity index (χ3n) is 4.76. The highest BCUT2D eigenvalue weighted by atomic mass is 16.6. The van der Waals surface area contributed by atoms with Crippen LogP contribution in [-0.4, -0.2) is 52.2 Å². The summed E-state index contributed by atoms with van der Waals surface area (Å²) in [6.07, 6.45) is 0.0265. The van der Waals surface area contributed by atoms with E-state index in [1.807, 2.05) is 13.8 Å². The number of aliphatic hydroxyl groups is 1. The van der Waals surface area contributed by atoms with E-state index in [9.17, 15) is 14.7 Å². The van der Waals surface area contributed by atoms with Gasteiger partial charge in [0.15, 0.2) is 7.28 Å². The fourth-order valence-corrected chi connectivity index (χ4v) is 2.49. The lowest BCUT2D eigenvalue weighted by Gasteiger charge is -2.37. The number of aromatic nitrogens is 1. The minimum atomic E-state index is -0.969. The Hall–Kier alpha value is -2.62. The van der Waals surface area contributed by atoms with Gasteiger partial charge >= 0.3 is 12.2 Å². The molecule has 0 bridgehead atoms. The van der Waals surface area contributed by atoms with Crippen LogP contribution in [0.15, 0.2) is 12.3 Å². The van der Waals surface area contributed by atoms with E-state index in [0.29, 0.717) is 7.28 Å². The second-order valence-corrected chi connectivity index (χ2v) is 11.0. The number of carbonyl (C=O) groups excluding carboxylic acids is 2. The second-order valence-electron chi connectivity index (χ2n) is 11.0. The van der Waals surface area contributed by atoms with Crippen LogP contribution in [0.25, 0.3) is 0 Å². The first-order valence-electron chi connectivity index (χ1n) is 10.5. The smallest absolute Gasteiger partial charge is 0.413 e. The van der Waals surface area contributed by atoms with Crippen LogP contribution >= 0.6 is 0 Å². The van der Waals surface area contributed by atoms with Gasteiger partial charge in [0, 0.05) is 6.20 Å². The van der Waals surface area contributed by atoms with Gasteiger partial charge in [0.25, 0.3) is 0 Å². The van der Waals surface area contributed by atoms with Crippen LogP contribution in [-0.2, 0) is 9.47 Å². The molecule has 1 rings (SSSR count). The molecule has 1 aromatic rings. The Kier molecular flexibility index (Phi) is 8.12. The van der Waals surface area contributed by atoms with Gasteiger partial charge in [-0.1, -0.05) is 25.4 Å². The Labute approximate surface area is 191 Å². The number of pyridine rings is 1. The predicted octanol–water partition coefficient (Wildman–Crippen LogP) is 3.31. The molecule has 0 spiro atoms. The minimum Gasteiger partial charge on any atom is -0.444 e. The third kappa shape index (κ3) is 8.86. The Morgan fingerprint density at radius 3 is 1.94 bits per heavy atom. The first-order valence-corrected chi connectivity index (χ1v) is 10.5. The van der Waals surface area contributed by atoms with E-state index in [-0.39, 0.29) is 17.2 Å². The van der Waals surface area contributed by atoms with Crippen molar-refractivity contribution in [2.24, 2.45) is 0 Å². The summed E-state index contributed by atoms with van der Waals surface area (Å²) in [4.78, 5) is 28.7. The summed E-state index contributed by atoms with van der Waals surface area (Å²) in [5.41, 5.74) is -1.52. The predicted molar refractivity (Wildman–Crippen MR) is 127 cm³/mol. The summed E-state index contributed by atoms with van der Waals surface area (Å²) in [6.45, 7) is 17.6. The lowest BCUT2D eigenvalue weighted by atomic mass is 9.45. The van der Waals surface area contributed by atoms with Crippen LogP contribution in [0.5, 0.6) is 0 Å². The van der Waals surface area contributed by atoms with Crippen LogP contribution in [0.2, 0.25) is 5.31 Å². The first-order chi connectivity index (χ1) is 14.2. The summed E-state index contributed by atoms with van der Waals surface area (Å²) < 4.78 is 10.5. The Morgan fingerprint density at radius 2 is 1.47 bits per heavy atom. The largest absolute Gasteiger partial charge is 0.444 e. The Morgan fingerprint density at radius 1 is 0.969 bits per heavy atom. The molecule has 0 saturated carbocycles. The van der Waals surface area contributed by atoms with Crippen molar-refractivity contribution in [1.29, 1.82) is 5.41 Å². The number of hydrogen-bond donors (Lipinski definition) is 4. The number of carbonyl (C=O) groups is 2. The molecule has 1 heterocycles. The minimum absolute atomic E-state index is 0.0603. The zero-order chi connectivity index (χ0) is 25.1. The van der Waals surface area contributed by atoms with Gasteiger partial charge in [-0.25, -0.2) is 14.6 Å². The summed E-state index contributed by atoms with van der Waals surface area (Å²) >= 11 is 0. The molecule has 4 N–H and O–H groups in total. The zero-order valence-corrected chi connectivity index (χ0v) is 20.9. The number of hydrogen-bond acceptors (Lipinski definition) is 7. The van der Waals surface area contributed by atoms with Gasteiger partial charge in [0.1, 0.15) is 22.9 Å². The molecule has 0 unspecified atom stereocenters. The molecule has 9 nitrogen and oxygen atoms in total. The number of alkyl carbamates (subject to hydrolysis) is 1. The first kappa shape index (κ1) is 27.4. The van der Waals surface area contributed by atoms with Gasteiger partial charge < -0.3 is 14.6 Å². The number of amidine groups is 1. The van der Waals surface area contributed by atoms with Crippen LogP contribution in [0.3, 0.4) is 0 Å². The maximum atomic E-state index is 12.3. The normalized spacial score (nSPS) is 12.6. The van der Waals surface area contributed by atoms with E-state index < -0.39 is 34.3 Å². The van der Waals surface area contributed by atoms with Crippen molar-refractivity contribution in [3.05, 3.63) is 17.8 Å². The van der Waals surface area contributed by atoms with Crippen molar-refractivity contribution in [3.63, 3.8) is 0 Å². The number of nitrogens with zero attached hydrogens (tertiary/aromatic N) is 1. The summed E-state index contributed by atoms with van der Waals surface area (Å²) in [6, 6.07) is 1.65. The van der Waals surface area contributed by atoms with Crippen molar-refractivity contribution in [2.75, 3.05) is 5.32 Å². The quantitative estimate of drug-likeness (QED) is 0.310. The van der Waals surface area contributed by atoms with Gasteiger partial charge in [-0.3, -0.25) is 16.0 Å². The Bertz CT molecular complexity index is 865. The van der Waals surface area contributed by atoms with Gasteiger partial charge in [0.05, 0.1) is 11.2 Å². The SMILES string of the molecule is CC(C)(C)OC(=O)NC(=N)c1cc(BC(C)(C)C(C)(C)O)cnc1NC(=O)OC(C)(C)C. The van der Waals surface area contributed by atoms with Crippen molar-refractivity contribution >= 4 is 36.6 Å². The third-order valence-corrected chi connectivity index (χ3v) is 4.76. The van der Waals surface area contributed by atoms with Crippen molar-refractivity contribution < 1.29 is 24.2 Å². The highest BCUT2D eigenvalue weighted by Crippen LogP contribution is 2.36. The summed E-state index contributed by atoms with van der Waals surface area (Å²) in [7, 11) is 0.447. The maximum Gasteiger partial charge on any atom is 0.413 e. The van der Waals surface area contributed by atoms with Gasteiger partial charge in [-0.05, 0) is 60.7 Å². The van der Waals surface area contributed by atoms with E-state index in [4.69, 9.17) is 14.9 Å². The fraction of sp³-hybridized carbons (Fsp3) is 0.636. The lowest BCUT2D eigenvalue weighted by molar-refractivity contribution is 0.0410. The van der Waals surface area contributed by atoms with Crippen LogP contribution < -0.4 is 16.1 Å². The molecule has 2 amide bonds. The van der Waals surface area contributed by atoms with Gasteiger partial charge in [0.2, 0.25) is 0 Å². The molecule has 0 radical (unpaired) electrons. The monoisotopic (exact) mass is 448 g/mol. The van der Waals surface area contributed by atoms with E-state index >= 15 is 0 Å². The molecule has 0 aromatic carbocycles. The molecule has 0 saturated heterocycles. The van der Waals surface area contributed by atoms with Crippen molar-refractivity contribution in [3.8, 4) is 0 Å². The highest BCUT2D eigenvalue weighted by molar-refractivity contribution is 6.57. The van der Waals surface area contributed by atoms with Crippen LogP contribution in [0, 0.1) is 5.41 Å². The number of amides is 2. The average molecular weight is 448 g/mol. The van der Waals surface area contributed by atoms with Crippen LogP contribution in [0.1, 0.15) is 74.8 Å². The molecule has 1 aromatic heterocycles. The molecule has 0 fully saturated rings. The standard InChI is InChI=1S/C22H37BN4O5/c1-19(2,3)31-17(28)26-15(24)14-11-13(23-21(7,8)22(9,10)30)12-25-16(14)27-18(29)32-20(4,5)6/h11-12,23,30H,1-10H3,(H2,24,26,28)(H,25,27,29). The fourth-order valence-electron chi connectivity index (χ4n) is 2.49. The van der Waals surface area contributed by atoms with E-state index in [0.717, 1.165) is 5.46 Å². The topological polar surface area (TPSA) is 134 Å². The number of rotatable bonds is 5. The van der Waals surface area contributed by atoms with E-state index in [2.05, 4.69) is 15.6 Å². The lowest BCUT2D eigenvalue weighted by Crippen LogP contribution is -2.42. The van der Waals surface area contributed by atoms with Gasteiger partial charge in [-0.2, -0.15) is 0 Å². The summed E-state index contributed by atoms with van der Waals surface area (Å²) in [5, 5.41) is 23.3. The van der Waals surface area contributed by atoms with Gasteiger partial charge in [-0.15, -0.1) is 0 Å². The molecule has 0 atom stereocenters. The second kappa shape index (κ2) is 9.48. The highest BCUT2D eigenvalue weighted by Gasteiger charge is 2.36. The van der Waals surface area contributed by atoms with E-state index in [1.54, 1.807) is 67.7 Å². The molecular weight excluding hydrogens is 411 g/mol. The molecular formula is C22H37BN4O5. The molecule has 0 aliphatic heterocycles. The number of anilines is 1. The van der Waals surface area contributed by atoms with Crippen LogP contribution in [0.4, 0.5) is 15.4 Å². The van der Waals surface area contributed by atoms with Crippen molar-refractivity contribution in [1.82, 2.24) is 10.3 Å². The summed E-state index contributed by atoms with van der Waals surface area (Å²) in [5.74, 6) is -0.231. The molecule has 10 heteroatoms. The average Bonchev–Trinajstić information content (AvgIpc) is 2.51. The molecule has 178 valence electrons. The van der Waals surface area contributed by atoms with Crippen molar-refractivity contribution in [2.45, 2.75) is 91.4 Å². The zero-order valence-electron chi connectivity index (χ0n) is 20.9. The Balaban J connectivity index is 3.28. The molecule has 0 aliphatic rings.